The number of hydrogen-bond acceptors (Lipinski definition) is 11. The van der Waals surface area contributed by atoms with Crippen LogP contribution in [-0.2, 0) is 42.3 Å². The van der Waals surface area contributed by atoms with Crippen molar-refractivity contribution in [3.63, 3.8) is 0 Å². The summed E-state index contributed by atoms with van der Waals surface area (Å²) in [5.74, 6) is -1.39. The van der Waals surface area contributed by atoms with Crippen LogP contribution >= 0.6 is 11.6 Å². The summed E-state index contributed by atoms with van der Waals surface area (Å²) in [6.45, 7) is 12.6. The van der Waals surface area contributed by atoms with E-state index in [9.17, 15) is 19.8 Å². The molecule has 7 rings (SSSR count). The number of para-hydroxylation sites is 1. The first kappa shape index (κ1) is 40.2. The van der Waals surface area contributed by atoms with Crippen LogP contribution in [0.15, 0.2) is 54.1 Å². The van der Waals surface area contributed by atoms with Gasteiger partial charge in [-0.2, -0.15) is 0 Å². The quantitative estimate of drug-likeness (QED) is 0.227. The Morgan fingerprint density at radius 1 is 1.09 bits per heavy atom. The lowest BCUT2D eigenvalue weighted by Gasteiger charge is -2.56. The highest BCUT2D eigenvalue weighted by Crippen LogP contribution is 2.53. The predicted molar refractivity (Wildman–Crippen MR) is 211 cm³/mol. The number of esters is 2. The smallest absolute Gasteiger partial charge is 0.323 e. The molecular weight excluding hydrogens is 720 g/mol. The number of halogens is 1. The average Bonchev–Trinajstić information content (AvgIpc) is 3.35. The maximum Gasteiger partial charge on any atom is 0.323 e. The van der Waals surface area contributed by atoms with Gasteiger partial charge in [-0.15, -0.1) is 0 Å². The van der Waals surface area contributed by atoms with E-state index in [1.807, 2.05) is 13.8 Å². The van der Waals surface area contributed by atoms with Gasteiger partial charge in [0.1, 0.15) is 17.2 Å². The monoisotopic (exact) mass is 778 g/mol. The summed E-state index contributed by atoms with van der Waals surface area (Å²) >= 11 is 6.49. The number of carbonyl (C=O) groups is 2. The average molecular weight is 779 g/mol. The molecule has 3 aliphatic heterocycles. The van der Waals surface area contributed by atoms with Crippen molar-refractivity contribution in [3.05, 3.63) is 75.8 Å². The summed E-state index contributed by atoms with van der Waals surface area (Å²) in [5.41, 5.74) is 1.74. The van der Waals surface area contributed by atoms with Gasteiger partial charge in [0, 0.05) is 51.5 Å². The number of carbonyl (C=O) groups excluding carboxylic acids is 2. The van der Waals surface area contributed by atoms with Gasteiger partial charge in [-0.25, -0.2) is 0 Å². The van der Waals surface area contributed by atoms with Gasteiger partial charge in [-0.05, 0) is 99.7 Å². The van der Waals surface area contributed by atoms with Crippen LogP contribution < -0.4 is 10.4 Å². The number of ether oxygens (including phenoxy) is 2. The van der Waals surface area contributed by atoms with Crippen LogP contribution in [0.3, 0.4) is 0 Å². The second-order valence-corrected chi connectivity index (χ2v) is 17.4. The molecule has 12 heteroatoms. The summed E-state index contributed by atoms with van der Waals surface area (Å²) in [6.07, 6.45) is 3.94. The lowest BCUT2D eigenvalue weighted by molar-refractivity contribution is -0.225. The van der Waals surface area contributed by atoms with E-state index in [-0.39, 0.29) is 30.1 Å². The van der Waals surface area contributed by atoms with E-state index in [1.165, 1.54) is 23.1 Å². The number of aliphatic hydroxyl groups is 2. The van der Waals surface area contributed by atoms with Crippen LogP contribution in [0, 0.1) is 23.7 Å². The molecule has 2 aromatic rings. The number of rotatable bonds is 10. The molecule has 300 valence electrons. The lowest BCUT2D eigenvalue weighted by Crippen LogP contribution is -2.66. The molecule has 2 fully saturated rings. The number of fused-ring (bicyclic) bond motifs is 5. The third-order valence-electron chi connectivity index (χ3n) is 13.4. The van der Waals surface area contributed by atoms with Crippen molar-refractivity contribution in [1.29, 1.82) is 0 Å². The number of benzene rings is 2. The maximum atomic E-state index is 14.2. The largest absolute Gasteiger partial charge is 0.454 e. The Balaban J connectivity index is 1.04. The predicted octanol–water partition coefficient (Wildman–Crippen LogP) is 4.85. The van der Waals surface area contributed by atoms with E-state index in [1.54, 1.807) is 25.2 Å². The molecule has 2 aromatic carbocycles. The summed E-state index contributed by atoms with van der Waals surface area (Å²) in [7, 11) is 3.88. The topological polar surface area (TPSA) is 124 Å². The minimum Gasteiger partial charge on any atom is -0.454 e. The zero-order chi connectivity index (χ0) is 39.2. The zero-order valence-electron chi connectivity index (χ0n) is 33.2. The Kier molecular flexibility index (Phi) is 11.7. The van der Waals surface area contributed by atoms with Crippen LogP contribution in [-0.4, -0.2) is 109 Å². The molecule has 2 aliphatic carbocycles. The molecule has 1 unspecified atom stereocenters. The van der Waals surface area contributed by atoms with Gasteiger partial charge in [0.05, 0.1) is 10.7 Å². The SMILES string of the molecule is CC(=O)O[C@@H]1C(C)=C[C@@H]2[C@H](C(C)CN(C)CCCN3CCc4ccccc4CC3)CC[C@@H](C)[C@]2(O)[C@H]1OC(=O)[C@@H]1C[C@@]2(O)c3cccc(Cl)c3N(C)O[C@H]2N1. The molecule has 0 radical (unpaired) electrons. The fourth-order valence-corrected chi connectivity index (χ4v) is 10.7. The molecule has 0 aromatic heterocycles. The van der Waals surface area contributed by atoms with Crippen LogP contribution in [0.4, 0.5) is 5.69 Å². The van der Waals surface area contributed by atoms with Gasteiger partial charge in [0.15, 0.2) is 18.4 Å². The molecule has 1 saturated heterocycles. The zero-order valence-corrected chi connectivity index (χ0v) is 33.9. The highest BCUT2D eigenvalue weighted by molar-refractivity contribution is 6.33. The number of nitrogens with one attached hydrogen (secondary N) is 1. The van der Waals surface area contributed by atoms with Crippen molar-refractivity contribution in [2.45, 2.75) is 102 Å². The molecule has 0 bridgehead atoms. The van der Waals surface area contributed by atoms with E-state index in [2.05, 4.69) is 59.4 Å². The van der Waals surface area contributed by atoms with Gasteiger partial charge < -0.3 is 29.5 Å². The summed E-state index contributed by atoms with van der Waals surface area (Å²) in [6, 6.07) is 13.1. The Hall–Kier alpha value is -3.03. The number of anilines is 1. The van der Waals surface area contributed by atoms with Crippen LogP contribution in [0.1, 0.15) is 70.1 Å². The van der Waals surface area contributed by atoms with Gasteiger partial charge in [-0.3, -0.25) is 24.8 Å². The maximum absolute atomic E-state index is 14.2. The van der Waals surface area contributed by atoms with Crippen molar-refractivity contribution in [2.75, 3.05) is 51.9 Å². The first-order valence-corrected chi connectivity index (χ1v) is 20.5. The standard InChI is InChI=1S/C43H59ClN4O7/c1-26-23-34-32(27(2)25-46(5)19-10-20-48-21-17-30-11-7-8-12-31(30)18-22-48)16-15-28(3)43(34,52)39(38(26)53-29(4)49)54-40(50)36-24-42(51)33-13-9-14-35(44)37(33)47(6)55-41(42)45-36/h7-9,11-14,23,27-28,32,34,36,38-39,41,45,51-52H,10,15-22,24-25H2,1-6H3/t27?,28-,32+,34-,36+,38-,39+,41-,42-,43-/m1/s1. The highest BCUT2D eigenvalue weighted by Gasteiger charge is 2.62. The summed E-state index contributed by atoms with van der Waals surface area (Å²) in [5, 5.41) is 29.9. The lowest BCUT2D eigenvalue weighted by atomic mass is 9.55. The number of hydrogen-bond donors (Lipinski definition) is 3. The van der Waals surface area contributed by atoms with Gasteiger partial charge in [0.2, 0.25) is 0 Å². The minimum atomic E-state index is -1.56. The summed E-state index contributed by atoms with van der Waals surface area (Å²) < 4.78 is 12.2. The minimum absolute atomic E-state index is 0.0354. The molecule has 1 saturated carbocycles. The van der Waals surface area contributed by atoms with Gasteiger partial charge in [-0.1, -0.05) is 67.9 Å². The van der Waals surface area contributed by atoms with Gasteiger partial charge in [0.25, 0.3) is 0 Å². The van der Waals surface area contributed by atoms with E-state index in [4.69, 9.17) is 25.9 Å². The number of nitrogens with zero attached hydrogens (tertiary/aromatic N) is 3. The Bertz CT molecular complexity index is 1750. The molecule has 3 heterocycles. The molecule has 0 spiro atoms. The van der Waals surface area contributed by atoms with Crippen LogP contribution in [0.2, 0.25) is 5.02 Å². The van der Waals surface area contributed by atoms with Gasteiger partial charge >= 0.3 is 11.9 Å². The second kappa shape index (κ2) is 16.1. The van der Waals surface area contributed by atoms with E-state index >= 15 is 0 Å². The normalized spacial score (nSPS) is 33.7. The molecule has 0 amide bonds. The van der Waals surface area contributed by atoms with Crippen molar-refractivity contribution < 1.29 is 34.1 Å². The van der Waals surface area contributed by atoms with Crippen molar-refractivity contribution in [2.24, 2.45) is 23.7 Å². The van der Waals surface area contributed by atoms with E-state index in [0.717, 1.165) is 70.4 Å². The Labute approximate surface area is 330 Å². The van der Waals surface area contributed by atoms with E-state index in [0.29, 0.717) is 16.3 Å². The first-order chi connectivity index (χ1) is 26.2. The Morgan fingerprint density at radius 2 is 1.80 bits per heavy atom. The fourth-order valence-electron chi connectivity index (χ4n) is 10.4. The molecule has 55 heavy (non-hydrogen) atoms. The van der Waals surface area contributed by atoms with Crippen molar-refractivity contribution >= 4 is 29.2 Å². The third kappa shape index (κ3) is 7.70. The highest BCUT2D eigenvalue weighted by atomic mass is 35.5. The van der Waals surface area contributed by atoms with Crippen LogP contribution in [0.25, 0.3) is 0 Å². The molecule has 11 nitrogen and oxygen atoms in total. The second-order valence-electron chi connectivity index (χ2n) is 17.0. The molecule has 5 aliphatic rings. The third-order valence-corrected chi connectivity index (χ3v) is 13.7. The molecule has 3 N–H and O–H groups in total. The summed E-state index contributed by atoms with van der Waals surface area (Å²) in [4.78, 5) is 37.7. The molecular formula is C43H59ClN4O7. The first-order valence-electron chi connectivity index (χ1n) is 20.1. The van der Waals surface area contributed by atoms with Crippen molar-refractivity contribution in [3.8, 4) is 0 Å². The fraction of sp³-hybridized carbons (Fsp3) is 0.628. The molecule has 10 atom stereocenters. The number of hydroxylamine groups is 1. The Morgan fingerprint density at radius 3 is 2.49 bits per heavy atom. The van der Waals surface area contributed by atoms with Crippen molar-refractivity contribution in [1.82, 2.24) is 15.1 Å². The van der Waals surface area contributed by atoms with Crippen LogP contribution in [0.5, 0.6) is 0 Å². The van der Waals surface area contributed by atoms with E-state index < -0.39 is 47.6 Å².